The summed E-state index contributed by atoms with van der Waals surface area (Å²) in [6.07, 6.45) is 0. The highest BCUT2D eigenvalue weighted by atomic mass is 32.2. The first-order valence-electron chi connectivity index (χ1n) is 10.0. The largest absolute Gasteiger partial charge is 0.497 e. The number of carbonyl (C=O) groups excluding carboxylic acids is 1. The van der Waals surface area contributed by atoms with E-state index in [-0.39, 0.29) is 34.1 Å². The maximum Gasteiger partial charge on any atom is 0.270 e. The summed E-state index contributed by atoms with van der Waals surface area (Å²) in [6, 6.07) is 14.8. The van der Waals surface area contributed by atoms with Gasteiger partial charge in [-0.15, -0.1) is 0 Å². The third-order valence-corrected chi connectivity index (χ3v) is 5.99. The fourth-order valence-electron chi connectivity index (χ4n) is 3.12. The van der Waals surface area contributed by atoms with Crippen molar-refractivity contribution in [3.63, 3.8) is 0 Å². The maximum absolute atomic E-state index is 12.5. The molecule has 7 nitrogen and oxygen atoms in total. The zero-order chi connectivity index (χ0) is 23.3. The first-order valence-corrected chi connectivity index (χ1v) is 11.0. The number of ether oxygens (including phenoxy) is 1. The van der Waals surface area contributed by atoms with Crippen LogP contribution in [0.4, 0.5) is 0 Å². The van der Waals surface area contributed by atoms with Gasteiger partial charge in [0.1, 0.15) is 17.4 Å². The van der Waals surface area contributed by atoms with Crippen LogP contribution < -0.4 is 15.6 Å². The Morgan fingerprint density at radius 1 is 1.22 bits per heavy atom. The lowest BCUT2D eigenvalue weighted by Crippen LogP contribution is -2.28. The molecule has 0 aliphatic carbocycles. The minimum Gasteiger partial charge on any atom is -0.497 e. The molecule has 0 fully saturated rings. The maximum atomic E-state index is 12.5. The summed E-state index contributed by atoms with van der Waals surface area (Å²) in [7, 11) is 1.56. The lowest BCUT2D eigenvalue weighted by atomic mass is 10.0. The van der Waals surface area contributed by atoms with E-state index in [0.717, 1.165) is 17.3 Å². The Balaban J connectivity index is 1.73. The van der Waals surface area contributed by atoms with Crippen LogP contribution in [0.3, 0.4) is 0 Å². The number of nitrogens with one attached hydrogen (secondary N) is 2. The molecule has 1 unspecified atom stereocenters. The van der Waals surface area contributed by atoms with Crippen molar-refractivity contribution < 1.29 is 9.53 Å². The number of nitriles is 1. The van der Waals surface area contributed by atoms with Crippen molar-refractivity contribution in [1.82, 2.24) is 15.3 Å². The molecule has 1 aromatic heterocycles. The molecule has 1 atom stereocenters. The number of aromatic nitrogens is 2. The molecule has 2 aromatic carbocycles. The Morgan fingerprint density at radius 3 is 2.56 bits per heavy atom. The third kappa shape index (κ3) is 5.37. The van der Waals surface area contributed by atoms with Crippen molar-refractivity contribution in [3.05, 3.63) is 75.1 Å². The Labute approximate surface area is 190 Å². The van der Waals surface area contributed by atoms with Gasteiger partial charge in [-0.05, 0) is 61.7 Å². The lowest BCUT2D eigenvalue weighted by Gasteiger charge is -2.15. The minimum atomic E-state index is -0.542. The number of hydrogen-bond donors (Lipinski definition) is 2. The van der Waals surface area contributed by atoms with Gasteiger partial charge in [0.15, 0.2) is 5.16 Å². The molecule has 0 saturated carbocycles. The van der Waals surface area contributed by atoms with E-state index in [9.17, 15) is 14.9 Å². The molecule has 0 saturated heterocycles. The Hall–Kier alpha value is -3.57. The molecular formula is C24H24N4O3S. The van der Waals surface area contributed by atoms with Gasteiger partial charge in [0.25, 0.3) is 5.56 Å². The van der Waals surface area contributed by atoms with E-state index in [1.165, 1.54) is 11.1 Å². The molecule has 1 heterocycles. The van der Waals surface area contributed by atoms with Crippen LogP contribution in [-0.2, 0) is 4.79 Å². The fourth-order valence-corrected chi connectivity index (χ4v) is 3.79. The van der Waals surface area contributed by atoms with Gasteiger partial charge in [-0.3, -0.25) is 9.59 Å². The van der Waals surface area contributed by atoms with Gasteiger partial charge in [0.05, 0.1) is 24.6 Å². The second-order valence-corrected chi connectivity index (χ2v) is 8.32. The molecule has 0 aliphatic heterocycles. The Morgan fingerprint density at radius 2 is 1.94 bits per heavy atom. The number of nitrogens with zero attached hydrogens (tertiary/aromatic N) is 2. The summed E-state index contributed by atoms with van der Waals surface area (Å²) in [6.45, 7) is 6.01. The van der Waals surface area contributed by atoms with Crippen molar-refractivity contribution in [1.29, 1.82) is 5.26 Å². The van der Waals surface area contributed by atoms with Crippen molar-refractivity contribution in [2.24, 2.45) is 0 Å². The van der Waals surface area contributed by atoms with Crippen LogP contribution in [0.5, 0.6) is 5.75 Å². The van der Waals surface area contributed by atoms with Crippen LogP contribution in [0.2, 0.25) is 0 Å². The minimum absolute atomic E-state index is 0.0755. The number of methoxy groups -OCH3 is 1. The first kappa shape index (κ1) is 23.1. The summed E-state index contributed by atoms with van der Waals surface area (Å²) < 4.78 is 5.15. The molecular weight excluding hydrogens is 424 g/mol. The first-order chi connectivity index (χ1) is 15.3. The van der Waals surface area contributed by atoms with E-state index < -0.39 is 5.56 Å². The van der Waals surface area contributed by atoms with E-state index >= 15 is 0 Å². The predicted molar refractivity (Wildman–Crippen MR) is 125 cm³/mol. The number of hydrogen-bond acceptors (Lipinski definition) is 6. The quantitative estimate of drug-likeness (QED) is 0.419. The normalized spacial score (nSPS) is 11.5. The number of aromatic amines is 1. The van der Waals surface area contributed by atoms with Gasteiger partial charge in [0.2, 0.25) is 5.91 Å². The number of carbonyl (C=O) groups is 1. The highest BCUT2D eigenvalue weighted by molar-refractivity contribution is 7.99. The van der Waals surface area contributed by atoms with Crippen LogP contribution in [0.25, 0.3) is 11.3 Å². The van der Waals surface area contributed by atoms with E-state index in [2.05, 4.69) is 21.4 Å². The molecule has 1 amide bonds. The number of amides is 1. The summed E-state index contributed by atoms with van der Waals surface area (Å²) in [4.78, 5) is 31.9. The smallest absolute Gasteiger partial charge is 0.270 e. The summed E-state index contributed by atoms with van der Waals surface area (Å²) in [5, 5.41) is 12.6. The Bertz CT molecular complexity index is 1230. The van der Waals surface area contributed by atoms with Crippen LogP contribution in [0.15, 0.2) is 52.4 Å². The summed E-state index contributed by atoms with van der Waals surface area (Å²) in [5.41, 5.74) is 3.66. The van der Waals surface area contributed by atoms with Crippen molar-refractivity contribution in [2.75, 3.05) is 12.9 Å². The molecule has 0 spiro atoms. The fraction of sp³-hybridized carbons (Fsp3) is 0.250. The molecule has 0 bridgehead atoms. The monoisotopic (exact) mass is 448 g/mol. The topological polar surface area (TPSA) is 108 Å². The second kappa shape index (κ2) is 10.2. The van der Waals surface area contributed by atoms with Gasteiger partial charge >= 0.3 is 0 Å². The molecule has 8 heteroatoms. The van der Waals surface area contributed by atoms with Crippen LogP contribution in [-0.4, -0.2) is 28.7 Å². The van der Waals surface area contributed by atoms with E-state index in [1.807, 2.05) is 39.0 Å². The standard InChI is InChI=1S/C24H24N4O3S/c1-14-5-6-18(11-15(14)2)16(3)26-21(29)13-32-24-27-22(20(12-25)23(30)28-24)17-7-9-19(31-4)10-8-17/h5-11,16H,13H2,1-4H3,(H,26,29)(H,27,28,30). The summed E-state index contributed by atoms with van der Waals surface area (Å²) in [5.74, 6) is 0.548. The van der Waals surface area contributed by atoms with Gasteiger partial charge in [-0.25, -0.2) is 4.98 Å². The molecule has 0 aliphatic rings. The average Bonchev–Trinajstić information content (AvgIpc) is 2.79. The van der Waals surface area contributed by atoms with Crippen LogP contribution >= 0.6 is 11.8 Å². The Kier molecular flexibility index (Phi) is 7.33. The second-order valence-electron chi connectivity index (χ2n) is 7.36. The molecule has 3 aromatic rings. The molecule has 3 rings (SSSR count). The van der Waals surface area contributed by atoms with E-state index in [1.54, 1.807) is 31.4 Å². The van der Waals surface area contributed by atoms with Crippen molar-refractivity contribution in [3.8, 4) is 23.1 Å². The predicted octanol–water partition coefficient (Wildman–Crippen LogP) is 3.90. The molecule has 2 N–H and O–H groups in total. The number of aryl methyl sites for hydroxylation is 2. The number of thioether (sulfide) groups is 1. The summed E-state index contributed by atoms with van der Waals surface area (Å²) >= 11 is 1.11. The third-order valence-electron chi connectivity index (χ3n) is 5.12. The van der Waals surface area contributed by atoms with E-state index in [0.29, 0.717) is 11.3 Å². The molecule has 0 radical (unpaired) electrons. The SMILES string of the molecule is COc1ccc(-c2nc(SCC(=O)NC(C)c3ccc(C)c(C)c3)[nH]c(=O)c2C#N)cc1. The lowest BCUT2D eigenvalue weighted by molar-refractivity contribution is -0.119. The van der Waals surface area contributed by atoms with E-state index in [4.69, 9.17) is 4.74 Å². The zero-order valence-electron chi connectivity index (χ0n) is 18.4. The van der Waals surface area contributed by atoms with Crippen LogP contribution in [0.1, 0.15) is 35.2 Å². The van der Waals surface area contributed by atoms with Gasteiger partial charge in [0, 0.05) is 5.56 Å². The molecule has 32 heavy (non-hydrogen) atoms. The number of rotatable bonds is 7. The van der Waals surface area contributed by atoms with Gasteiger partial charge in [-0.1, -0.05) is 30.0 Å². The zero-order valence-corrected chi connectivity index (χ0v) is 19.2. The average molecular weight is 449 g/mol. The van der Waals surface area contributed by atoms with Crippen LogP contribution in [0, 0.1) is 25.2 Å². The van der Waals surface area contributed by atoms with Crippen molar-refractivity contribution >= 4 is 17.7 Å². The highest BCUT2D eigenvalue weighted by Gasteiger charge is 2.16. The van der Waals surface area contributed by atoms with Crippen molar-refractivity contribution in [2.45, 2.75) is 32.0 Å². The van der Waals surface area contributed by atoms with Gasteiger partial charge in [-0.2, -0.15) is 5.26 Å². The molecule has 164 valence electrons. The van der Waals surface area contributed by atoms with Gasteiger partial charge < -0.3 is 15.0 Å². The number of H-pyrrole nitrogens is 1. The highest BCUT2D eigenvalue weighted by Crippen LogP contribution is 2.24. The number of benzene rings is 2.